The van der Waals surface area contributed by atoms with E-state index in [1.165, 1.54) is 30.6 Å². The molecule has 0 aliphatic heterocycles. The van der Waals surface area contributed by atoms with Gasteiger partial charge in [-0.25, -0.2) is 9.59 Å². The van der Waals surface area contributed by atoms with Gasteiger partial charge in [0.2, 0.25) is 0 Å². The van der Waals surface area contributed by atoms with E-state index in [9.17, 15) is 9.59 Å². The van der Waals surface area contributed by atoms with Gasteiger partial charge in [0.25, 0.3) is 0 Å². The second-order valence-electron chi connectivity index (χ2n) is 5.44. The van der Waals surface area contributed by atoms with Gasteiger partial charge in [-0.3, -0.25) is 0 Å². The molecule has 0 aliphatic rings. The number of carbonyl (C=O) groups is 2. The van der Waals surface area contributed by atoms with Crippen LogP contribution in [0, 0.1) is 0 Å². The summed E-state index contributed by atoms with van der Waals surface area (Å²) in [5.41, 5.74) is 0.458. The Hall–Kier alpha value is -2.14. The summed E-state index contributed by atoms with van der Waals surface area (Å²) in [6.07, 6.45) is 5.57. The molecular formula is C19H22O4S. The molecule has 1 heterocycles. The fraction of sp³-hybridized carbons (Fsp3) is 0.368. The number of esters is 2. The fourth-order valence-corrected chi connectivity index (χ4v) is 2.76. The molecule has 0 aliphatic carbocycles. The van der Waals surface area contributed by atoms with Gasteiger partial charge in [-0.05, 0) is 42.1 Å². The van der Waals surface area contributed by atoms with Crippen molar-refractivity contribution in [3.05, 3.63) is 52.2 Å². The van der Waals surface area contributed by atoms with E-state index in [0.29, 0.717) is 22.8 Å². The topological polar surface area (TPSA) is 52.6 Å². The minimum Gasteiger partial charge on any atom is -0.462 e. The van der Waals surface area contributed by atoms with Crippen LogP contribution < -0.4 is 4.74 Å². The van der Waals surface area contributed by atoms with Gasteiger partial charge in [0.1, 0.15) is 10.6 Å². The summed E-state index contributed by atoms with van der Waals surface area (Å²) in [6, 6.07) is 9.92. The second kappa shape index (κ2) is 9.88. The molecule has 128 valence electrons. The number of carbonyl (C=O) groups excluding carboxylic acids is 2. The number of benzene rings is 1. The lowest BCUT2D eigenvalue weighted by Gasteiger charge is -2.06. The number of rotatable bonds is 9. The lowest BCUT2D eigenvalue weighted by atomic mass is 10.2. The van der Waals surface area contributed by atoms with Crippen LogP contribution in [0.1, 0.15) is 59.1 Å². The first-order valence-electron chi connectivity index (χ1n) is 8.23. The standard InChI is InChI=1S/C19H22O4S/c1-2-3-4-5-6-13-22-18(20)15-9-11-16(12-10-15)23-19(21)17-8-7-14-24-17/h7-12,14H,2-6,13H2,1H3. The van der Waals surface area contributed by atoms with Crippen molar-refractivity contribution < 1.29 is 19.1 Å². The zero-order valence-corrected chi connectivity index (χ0v) is 14.6. The molecular weight excluding hydrogens is 324 g/mol. The monoisotopic (exact) mass is 346 g/mol. The third kappa shape index (κ3) is 5.81. The van der Waals surface area contributed by atoms with E-state index in [-0.39, 0.29) is 5.97 Å². The molecule has 0 spiro atoms. The van der Waals surface area contributed by atoms with Crippen LogP contribution in [0.5, 0.6) is 5.75 Å². The van der Waals surface area contributed by atoms with Crippen LogP contribution in [0.2, 0.25) is 0 Å². The molecule has 0 unspecified atom stereocenters. The Morgan fingerprint density at radius 3 is 2.38 bits per heavy atom. The Bertz CT molecular complexity index is 632. The van der Waals surface area contributed by atoms with Crippen LogP contribution in [0.4, 0.5) is 0 Å². The molecule has 1 aromatic heterocycles. The van der Waals surface area contributed by atoms with E-state index >= 15 is 0 Å². The predicted molar refractivity (Wildman–Crippen MR) is 94.8 cm³/mol. The van der Waals surface area contributed by atoms with Crippen LogP contribution in [0.15, 0.2) is 41.8 Å². The highest BCUT2D eigenvalue weighted by Gasteiger charge is 2.11. The number of unbranched alkanes of at least 4 members (excludes halogenated alkanes) is 4. The molecule has 2 aromatic rings. The number of ether oxygens (including phenoxy) is 2. The normalized spacial score (nSPS) is 10.4. The molecule has 0 fully saturated rings. The summed E-state index contributed by atoms with van der Waals surface area (Å²) in [7, 11) is 0. The van der Waals surface area contributed by atoms with Crippen molar-refractivity contribution in [3.8, 4) is 5.75 Å². The molecule has 0 N–H and O–H groups in total. The third-order valence-electron chi connectivity index (χ3n) is 3.50. The first kappa shape index (κ1) is 18.2. The van der Waals surface area contributed by atoms with Crippen LogP contribution >= 0.6 is 11.3 Å². The molecule has 0 amide bonds. The first-order valence-corrected chi connectivity index (χ1v) is 9.11. The van der Waals surface area contributed by atoms with Crippen LogP contribution in [-0.4, -0.2) is 18.5 Å². The van der Waals surface area contributed by atoms with E-state index in [1.807, 2.05) is 5.38 Å². The summed E-state index contributed by atoms with van der Waals surface area (Å²) < 4.78 is 10.5. The Kier molecular flexibility index (Phi) is 7.49. The van der Waals surface area contributed by atoms with Crippen molar-refractivity contribution in [2.24, 2.45) is 0 Å². The van der Waals surface area contributed by atoms with Crippen molar-refractivity contribution in [2.75, 3.05) is 6.61 Å². The van der Waals surface area contributed by atoms with Crippen molar-refractivity contribution in [1.29, 1.82) is 0 Å². The highest BCUT2D eigenvalue weighted by atomic mass is 32.1. The Morgan fingerprint density at radius 1 is 0.958 bits per heavy atom. The van der Waals surface area contributed by atoms with Gasteiger partial charge in [-0.2, -0.15) is 0 Å². The van der Waals surface area contributed by atoms with E-state index < -0.39 is 5.97 Å². The van der Waals surface area contributed by atoms with Crippen molar-refractivity contribution in [2.45, 2.75) is 39.0 Å². The van der Waals surface area contributed by atoms with E-state index in [0.717, 1.165) is 12.8 Å². The molecule has 0 saturated carbocycles. The maximum Gasteiger partial charge on any atom is 0.353 e. The van der Waals surface area contributed by atoms with E-state index in [1.54, 1.807) is 36.4 Å². The summed E-state index contributed by atoms with van der Waals surface area (Å²) in [5.74, 6) is -0.335. The van der Waals surface area contributed by atoms with Gasteiger partial charge in [-0.15, -0.1) is 11.3 Å². The van der Waals surface area contributed by atoms with Gasteiger partial charge in [0.15, 0.2) is 0 Å². The number of hydrogen-bond acceptors (Lipinski definition) is 5. The largest absolute Gasteiger partial charge is 0.462 e. The van der Waals surface area contributed by atoms with Gasteiger partial charge >= 0.3 is 11.9 Å². The maximum atomic E-state index is 11.9. The van der Waals surface area contributed by atoms with E-state index in [4.69, 9.17) is 9.47 Å². The summed E-state index contributed by atoms with van der Waals surface area (Å²) in [6.45, 7) is 2.61. The Labute approximate surface area is 146 Å². The minimum absolute atomic E-state index is 0.346. The van der Waals surface area contributed by atoms with Crippen LogP contribution in [-0.2, 0) is 4.74 Å². The maximum absolute atomic E-state index is 11.9. The highest BCUT2D eigenvalue weighted by Crippen LogP contribution is 2.17. The molecule has 24 heavy (non-hydrogen) atoms. The van der Waals surface area contributed by atoms with Crippen LogP contribution in [0.3, 0.4) is 0 Å². The van der Waals surface area contributed by atoms with Gasteiger partial charge < -0.3 is 9.47 Å². The molecule has 0 bridgehead atoms. The third-order valence-corrected chi connectivity index (χ3v) is 4.35. The van der Waals surface area contributed by atoms with Gasteiger partial charge in [0.05, 0.1) is 12.2 Å². The zero-order valence-electron chi connectivity index (χ0n) is 13.8. The van der Waals surface area contributed by atoms with Crippen molar-refractivity contribution in [1.82, 2.24) is 0 Å². The molecule has 0 atom stereocenters. The zero-order chi connectivity index (χ0) is 17.2. The number of hydrogen-bond donors (Lipinski definition) is 0. The first-order chi connectivity index (χ1) is 11.7. The highest BCUT2D eigenvalue weighted by molar-refractivity contribution is 7.12. The molecule has 1 aromatic carbocycles. The molecule has 2 rings (SSSR count). The summed E-state index contributed by atoms with van der Waals surface area (Å²) in [5, 5.41) is 1.82. The van der Waals surface area contributed by atoms with E-state index in [2.05, 4.69) is 6.92 Å². The molecule has 0 saturated heterocycles. The second-order valence-corrected chi connectivity index (χ2v) is 6.39. The van der Waals surface area contributed by atoms with Gasteiger partial charge in [0, 0.05) is 0 Å². The SMILES string of the molecule is CCCCCCCOC(=O)c1ccc(OC(=O)c2cccs2)cc1. The average Bonchev–Trinajstić information content (AvgIpc) is 3.13. The molecule has 0 radical (unpaired) electrons. The summed E-state index contributed by atoms with van der Waals surface area (Å²) in [4.78, 5) is 24.3. The number of thiophene rings is 1. The Balaban J connectivity index is 1.76. The van der Waals surface area contributed by atoms with Gasteiger partial charge in [-0.1, -0.05) is 38.7 Å². The molecule has 4 nitrogen and oxygen atoms in total. The van der Waals surface area contributed by atoms with Crippen LogP contribution in [0.25, 0.3) is 0 Å². The lowest BCUT2D eigenvalue weighted by molar-refractivity contribution is 0.0497. The average molecular weight is 346 g/mol. The molecule has 5 heteroatoms. The van der Waals surface area contributed by atoms with Crippen molar-refractivity contribution >= 4 is 23.3 Å². The smallest absolute Gasteiger partial charge is 0.353 e. The fourth-order valence-electron chi connectivity index (χ4n) is 2.16. The predicted octanol–water partition coefficient (Wildman–Crippen LogP) is 5.09. The lowest BCUT2D eigenvalue weighted by Crippen LogP contribution is -2.08. The summed E-state index contributed by atoms with van der Waals surface area (Å²) >= 11 is 1.33. The Morgan fingerprint density at radius 2 is 1.71 bits per heavy atom. The minimum atomic E-state index is -0.396. The van der Waals surface area contributed by atoms with Crippen molar-refractivity contribution in [3.63, 3.8) is 0 Å². The quantitative estimate of drug-likeness (QED) is 0.360.